The van der Waals surface area contributed by atoms with Crippen molar-refractivity contribution in [2.45, 2.75) is 31.2 Å². The highest BCUT2D eigenvalue weighted by molar-refractivity contribution is 7.89. The minimum absolute atomic E-state index is 0.0436. The lowest BCUT2D eigenvalue weighted by molar-refractivity contribution is -0.137. The molecule has 8 heteroatoms. The van der Waals surface area contributed by atoms with E-state index in [2.05, 4.69) is 0 Å². The van der Waals surface area contributed by atoms with E-state index in [0.717, 1.165) is 17.3 Å². The minimum atomic E-state index is -3.90. The molecule has 0 bridgehead atoms. The molecule has 1 amide bonds. The van der Waals surface area contributed by atoms with Gasteiger partial charge in [-0.25, -0.2) is 12.8 Å². The van der Waals surface area contributed by atoms with Gasteiger partial charge in [-0.3, -0.25) is 4.79 Å². The Bertz CT molecular complexity index is 1000. The summed E-state index contributed by atoms with van der Waals surface area (Å²) in [4.78, 5) is 16.6. The van der Waals surface area contributed by atoms with Crippen molar-refractivity contribution in [3.63, 3.8) is 0 Å². The smallest absolute Gasteiger partial charge is 0.245 e. The van der Waals surface area contributed by atoms with Crippen LogP contribution in [0.15, 0.2) is 53.4 Å². The van der Waals surface area contributed by atoms with Crippen LogP contribution in [0, 0.1) is 11.7 Å². The molecular formula is C23H30FN3O3S. The number of piperidine rings is 1. The lowest BCUT2D eigenvalue weighted by atomic mass is 9.96. The first-order valence-electron chi connectivity index (χ1n) is 10.5. The summed E-state index contributed by atoms with van der Waals surface area (Å²) >= 11 is 0. The number of carbonyl (C=O) groups excluding carboxylic acids is 1. The highest BCUT2D eigenvalue weighted by Crippen LogP contribution is 2.27. The Morgan fingerprint density at radius 1 is 1.06 bits per heavy atom. The van der Waals surface area contributed by atoms with Crippen molar-refractivity contribution < 1.29 is 17.6 Å². The Morgan fingerprint density at radius 3 is 2.23 bits per heavy atom. The average Bonchev–Trinajstić information content (AvgIpc) is 2.77. The fraction of sp³-hybridized carbons (Fsp3) is 0.435. The van der Waals surface area contributed by atoms with E-state index in [-0.39, 0.29) is 29.8 Å². The van der Waals surface area contributed by atoms with Crippen LogP contribution in [0.4, 0.5) is 10.1 Å². The van der Waals surface area contributed by atoms with E-state index in [4.69, 9.17) is 0 Å². The molecule has 0 radical (unpaired) electrons. The third-order valence-electron chi connectivity index (χ3n) is 5.78. The van der Waals surface area contributed by atoms with Crippen molar-refractivity contribution in [1.82, 2.24) is 9.21 Å². The van der Waals surface area contributed by atoms with Gasteiger partial charge in [0.15, 0.2) is 0 Å². The van der Waals surface area contributed by atoms with Crippen LogP contribution in [0.25, 0.3) is 0 Å². The summed E-state index contributed by atoms with van der Waals surface area (Å²) in [6.07, 6.45) is 0.866. The van der Waals surface area contributed by atoms with E-state index in [9.17, 15) is 17.6 Å². The van der Waals surface area contributed by atoms with Gasteiger partial charge in [-0.1, -0.05) is 24.3 Å². The molecule has 2 aromatic carbocycles. The average molecular weight is 448 g/mol. The quantitative estimate of drug-likeness (QED) is 0.653. The number of hydrogen-bond acceptors (Lipinski definition) is 4. The predicted molar refractivity (Wildman–Crippen MR) is 120 cm³/mol. The second-order valence-electron chi connectivity index (χ2n) is 8.02. The number of carbonyl (C=O) groups is 1. The van der Waals surface area contributed by atoms with Crippen LogP contribution in [-0.2, 0) is 21.4 Å². The first-order chi connectivity index (χ1) is 14.7. The normalized spacial score (nSPS) is 15.6. The lowest BCUT2D eigenvalue weighted by Gasteiger charge is -2.33. The van der Waals surface area contributed by atoms with Gasteiger partial charge in [-0.2, -0.15) is 4.31 Å². The van der Waals surface area contributed by atoms with E-state index >= 15 is 0 Å². The first-order valence-corrected chi connectivity index (χ1v) is 12.0. The van der Waals surface area contributed by atoms with Crippen molar-refractivity contribution >= 4 is 21.6 Å². The molecule has 6 nitrogen and oxygen atoms in total. The zero-order valence-electron chi connectivity index (χ0n) is 18.3. The second kappa shape index (κ2) is 9.78. The Kier molecular flexibility index (Phi) is 7.33. The Balaban J connectivity index is 1.62. The molecular weight excluding hydrogens is 417 g/mol. The molecule has 0 aromatic heterocycles. The summed E-state index contributed by atoms with van der Waals surface area (Å²) in [7, 11) is 0.0656. The van der Waals surface area contributed by atoms with Gasteiger partial charge in [0.2, 0.25) is 15.9 Å². The largest absolute Gasteiger partial charge is 0.378 e. The van der Waals surface area contributed by atoms with E-state index < -0.39 is 15.8 Å². The van der Waals surface area contributed by atoms with Gasteiger partial charge in [0.05, 0.1) is 0 Å². The molecule has 1 aliphatic heterocycles. The molecule has 1 fully saturated rings. The van der Waals surface area contributed by atoms with Crippen molar-refractivity contribution in [2.24, 2.45) is 5.92 Å². The molecule has 0 spiro atoms. The number of amides is 1. The Labute approximate surface area is 184 Å². The summed E-state index contributed by atoms with van der Waals surface area (Å²) in [5.74, 6) is -0.937. The van der Waals surface area contributed by atoms with Crippen LogP contribution in [0.5, 0.6) is 0 Å². The van der Waals surface area contributed by atoms with Crippen LogP contribution >= 0.6 is 0 Å². The fourth-order valence-electron chi connectivity index (χ4n) is 3.86. The van der Waals surface area contributed by atoms with Crippen LogP contribution in [0.1, 0.15) is 25.3 Å². The summed E-state index contributed by atoms with van der Waals surface area (Å²) in [5, 5.41) is 0. The van der Waals surface area contributed by atoms with Crippen LogP contribution < -0.4 is 4.90 Å². The molecule has 0 aliphatic carbocycles. The molecule has 168 valence electrons. The molecule has 0 unspecified atom stereocenters. The third kappa shape index (κ3) is 5.25. The lowest BCUT2D eigenvalue weighted by Crippen LogP contribution is -2.44. The number of anilines is 1. The molecule has 0 N–H and O–H groups in total. The van der Waals surface area contributed by atoms with Crippen molar-refractivity contribution in [1.29, 1.82) is 0 Å². The number of nitrogens with zero attached hydrogens (tertiary/aromatic N) is 3. The molecule has 0 saturated carbocycles. The maximum atomic E-state index is 14.0. The summed E-state index contributed by atoms with van der Waals surface area (Å²) < 4.78 is 40.8. The SMILES string of the molecule is CCN(Cc1ccc(N(C)C)cc1)C(=O)C1CCN(S(=O)(=O)c2ccccc2F)CC1. The topological polar surface area (TPSA) is 60.9 Å². The van der Waals surface area contributed by atoms with Crippen LogP contribution in [-0.4, -0.2) is 57.3 Å². The van der Waals surface area contributed by atoms with Crippen molar-refractivity contribution in [3.05, 3.63) is 59.9 Å². The number of sulfonamides is 1. The molecule has 2 aromatic rings. The zero-order chi connectivity index (χ0) is 22.6. The third-order valence-corrected chi connectivity index (χ3v) is 7.71. The number of rotatable bonds is 7. The number of halogens is 1. The second-order valence-corrected chi connectivity index (χ2v) is 9.93. The molecule has 1 aliphatic rings. The van der Waals surface area contributed by atoms with E-state index in [0.29, 0.717) is 25.9 Å². The molecule has 1 heterocycles. The van der Waals surface area contributed by atoms with Crippen molar-refractivity contribution in [2.75, 3.05) is 38.6 Å². The van der Waals surface area contributed by atoms with Crippen LogP contribution in [0.3, 0.4) is 0 Å². The molecule has 1 saturated heterocycles. The molecule has 3 rings (SSSR count). The van der Waals surface area contributed by atoms with E-state index in [1.165, 1.54) is 22.5 Å². The fourth-order valence-corrected chi connectivity index (χ4v) is 5.39. The van der Waals surface area contributed by atoms with Gasteiger partial charge in [0, 0.05) is 51.9 Å². The first kappa shape index (κ1) is 23.2. The maximum Gasteiger partial charge on any atom is 0.245 e. The van der Waals surface area contributed by atoms with Gasteiger partial charge in [-0.15, -0.1) is 0 Å². The van der Waals surface area contributed by atoms with Gasteiger partial charge in [0.1, 0.15) is 10.7 Å². The van der Waals surface area contributed by atoms with Gasteiger partial charge in [0.25, 0.3) is 0 Å². The highest BCUT2D eigenvalue weighted by atomic mass is 32.2. The Morgan fingerprint density at radius 2 is 1.68 bits per heavy atom. The molecule has 0 atom stereocenters. The highest BCUT2D eigenvalue weighted by Gasteiger charge is 2.34. The summed E-state index contributed by atoms with van der Waals surface area (Å²) in [5.41, 5.74) is 2.15. The predicted octanol–water partition coefficient (Wildman–Crippen LogP) is 3.34. The standard InChI is InChI=1S/C23H30FN3O3S/c1-4-26(17-18-9-11-20(12-10-18)25(2)3)23(28)19-13-15-27(16-14-19)31(29,30)22-8-6-5-7-21(22)24/h5-12,19H,4,13-17H2,1-3H3. The Hall–Kier alpha value is -2.45. The zero-order valence-corrected chi connectivity index (χ0v) is 19.1. The van der Waals surface area contributed by atoms with Gasteiger partial charge >= 0.3 is 0 Å². The minimum Gasteiger partial charge on any atom is -0.378 e. The molecule has 31 heavy (non-hydrogen) atoms. The van der Waals surface area contributed by atoms with Crippen molar-refractivity contribution in [3.8, 4) is 0 Å². The number of benzene rings is 2. The summed E-state index contributed by atoms with van der Waals surface area (Å²) in [6.45, 7) is 3.48. The monoisotopic (exact) mass is 447 g/mol. The van der Waals surface area contributed by atoms with Crippen LogP contribution in [0.2, 0.25) is 0 Å². The number of hydrogen-bond donors (Lipinski definition) is 0. The summed E-state index contributed by atoms with van der Waals surface area (Å²) in [6, 6.07) is 13.5. The maximum absolute atomic E-state index is 14.0. The van der Waals surface area contributed by atoms with E-state index in [1.807, 2.05) is 55.1 Å². The van der Waals surface area contributed by atoms with Gasteiger partial charge < -0.3 is 9.80 Å². The van der Waals surface area contributed by atoms with Gasteiger partial charge in [-0.05, 0) is 49.6 Å². The van der Waals surface area contributed by atoms with E-state index in [1.54, 1.807) is 0 Å².